The molecule has 1 fully saturated rings. The molecule has 1 aromatic rings. The van der Waals surface area contributed by atoms with E-state index >= 15 is 0 Å². The molecule has 0 aromatic heterocycles. The second-order valence-electron chi connectivity index (χ2n) is 5.28. The predicted molar refractivity (Wildman–Crippen MR) is 83.0 cm³/mol. The Morgan fingerprint density at radius 1 is 1.48 bits per heavy atom. The molecule has 1 saturated heterocycles. The first-order valence-electron chi connectivity index (χ1n) is 7.48. The summed E-state index contributed by atoms with van der Waals surface area (Å²) >= 11 is 0. The molecule has 1 heterocycles. The Labute approximate surface area is 133 Å². The van der Waals surface area contributed by atoms with Gasteiger partial charge in [0.05, 0.1) is 17.4 Å². The van der Waals surface area contributed by atoms with Crippen molar-refractivity contribution < 1.29 is 19.2 Å². The number of non-ortho nitro benzene ring substituents is 1. The van der Waals surface area contributed by atoms with E-state index in [9.17, 15) is 19.7 Å². The van der Waals surface area contributed by atoms with Gasteiger partial charge in [0.1, 0.15) is 0 Å². The molecule has 2 rings (SSSR count). The topological polar surface area (TPSA) is 102 Å². The fraction of sp³-hybridized carbons (Fsp3) is 0.467. The van der Waals surface area contributed by atoms with Crippen molar-refractivity contribution in [2.45, 2.75) is 19.8 Å². The van der Waals surface area contributed by atoms with E-state index in [1.807, 2.05) is 0 Å². The van der Waals surface area contributed by atoms with Crippen LogP contribution < -0.4 is 5.32 Å². The van der Waals surface area contributed by atoms with E-state index in [0.29, 0.717) is 38.2 Å². The average Bonchev–Trinajstić information content (AvgIpc) is 2.55. The molecule has 1 atom stereocenters. The molecule has 8 heteroatoms. The number of anilines is 1. The lowest BCUT2D eigenvalue weighted by molar-refractivity contribution is -0.384. The van der Waals surface area contributed by atoms with Crippen molar-refractivity contribution in [3.63, 3.8) is 0 Å². The Morgan fingerprint density at radius 2 is 2.26 bits per heavy atom. The lowest BCUT2D eigenvalue weighted by Gasteiger charge is -2.31. The third-order valence-electron chi connectivity index (χ3n) is 3.64. The number of ether oxygens (including phenoxy) is 1. The molecule has 0 saturated carbocycles. The van der Waals surface area contributed by atoms with Gasteiger partial charge in [-0.3, -0.25) is 14.9 Å². The van der Waals surface area contributed by atoms with E-state index in [0.717, 1.165) is 0 Å². The van der Waals surface area contributed by atoms with Gasteiger partial charge in [-0.2, -0.15) is 0 Å². The number of nitro groups is 1. The lowest BCUT2D eigenvalue weighted by atomic mass is 9.97. The van der Waals surface area contributed by atoms with Crippen LogP contribution in [0.25, 0.3) is 0 Å². The van der Waals surface area contributed by atoms with Gasteiger partial charge >= 0.3 is 6.09 Å². The fourth-order valence-electron chi connectivity index (χ4n) is 2.51. The van der Waals surface area contributed by atoms with Gasteiger partial charge < -0.3 is 15.0 Å². The number of hydrogen-bond acceptors (Lipinski definition) is 5. The van der Waals surface area contributed by atoms with E-state index in [2.05, 4.69) is 5.32 Å². The molecule has 0 radical (unpaired) electrons. The van der Waals surface area contributed by atoms with Gasteiger partial charge in [-0.1, -0.05) is 6.07 Å². The van der Waals surface area contributed by atoms with Gasteiger partial charge in [-0.25, -0.2) is 4.79 Å². The molecule has 0 spiro atoms. The molecule has 0 bridgehead atoms. The maximum Gasteiger partial charge on any atom is 0.409 e. The number of nitrogens with zero attached hydrogens (tertiary/aromatic N) is 2. The summed E-state index contributed by atoms with van der Waals surface area (Å²) in [6, 6.07) is 5.78. The number of nitro benzene ring substituents is 1. The molecule has 1 N–H and O–H groups in total. The highest BCUT2D eigenvalue weighted by Crippen LogP contribution is 2.21. The van der Waals surface area contributed by atoms with Crippen molar-refractivity contribution in [2.24, 2.45) is 5.92 Å². The number of piperidine rings is 1. The van der Waals surface area contributed by atoms with Crippen molar-refractivity contribution in [2.75, 3.05) is 25.0 Å². The van der Waals surface area contributed by atoms with Crippen LogP contribution in [0.1, 0.15) is 19.8 Å². The fourth-order valence-corrected chi connectivity index (χ4v) is 2.51. The van der Waals surface area contributed by atoms with E-state index < -0.39 is 11.0 Å². The van der Waals surface area contributed by atoms with Crippen molar-refractivity contribution in [1.82, 2.24) is 4.90 Å². The minimum atomic E-state index is -0.515. The SMILES string of the molecule is CCOC(=O)N1CCCC(C(=O)Nc2cccc([N+](=O)[O-])c2)C1. The standard InChI is InChI=1S/C15H19N3O5/c1-2-23-15(20)17-8-4-5-11(10-17)14(19)16-12-6-3-7-13(9-12)18(21)22/h3,6-7,9,11H,2,4-5,8,10H2,1H3,(H,16,19). The van der Waals surface area contributed by atoms with Crippen LogP contribution >= 0.6 is 0 Å². The number of nitrogens with one attached hydrogen (secondary N) is 1. The van der Waals surface area contributed by atoms with Gasteiger partial charge in [0, 0.05) is 30.9 Å². The predicted octanol–water partition coefficient (Wildman–Crippen LogP) is 2.40. The number of carbonyl (C=O) groups excluding carboxylic acids is 2. The summed E-state index contributed by atoms with van der Waals surface area (Å²) in [5, 5.41) is 13.4. The van der Waals surface area contributed by atoms with Crippen LogP contribution in [0.3, 0.4) is 0 Å². The van der Waals surface area contributed by atoms with Crippen molar-refractivity contribution in [3.05, 3.63) is 34.4 Å². The van der Waals surface area contributed by atoms with Crippen LogP contribution in [-0.2, 0) is 9.53 Å². The largest absolute Gasteiger partial charge is 0.450 e. The van der Waals surface area contributed by atoms with E-state index in [1.165, 1.54) is 23.1 Å². The highest BCUT2D eigenvalue weighted by atomic mass is 16.6. The van der Waals surface area contributed by atoms with Gasteiger partial charge in [-0.15, -0.1) is 0 Å². The van der Waals surface area contributed by atoms with Crippen LogP contribution in [-0.4, -0.2) is 41.5 Å². The highest BCUT2D eigenvalue weighted by Gasteiger charge is 2.29. The Morgan fingerprint density at radius 3 is 2.96 bits per heavy atom. The highest BCUT2D eigenvalue weighted by molar-refractivity contribution is 5.93. The summed E-state index contributed by atoms with van der Waals surface area (Å²) < 4.78 is 4.95. The molecule has 8 nitrogen and oxygen atoms in total. The normalized spacial score (nSPS) is 17.4. The minimum absolute atomic E-state index is 0.0837. The number of rotatable bonds is 4. The van der Waals surface area contributed by atoms with Gasteiger partial charge in [0.15, 0.2) is 0 Å². The second kappa shape index (κ2) is 7.57. The van der Waals surface area contributed by atoms with Crippen LogP contribution in [0.5, 0.6) is 0 Å². The third kappa shape index (κ3) is 4.41. The molecule has 1 aromatic carbocycles. The van der Waals surface area contributed by atoms with E-state index in [-0.39, 0.29) is 17.5 Å². The summed E-state index contributed by atoms with van der Waals surface area (Å²) in [5.74, 6) is -0.605. The summed E-state index contributed by atoms with van der Waals surface area (Å²) in [4.78, 5) is 35.8. The Kier molecular flexibility index (Phi) is 5.51. The molecular formula is C15H19N3O5. The number of carbonyl (C=O) groups is 2. The molecule has 0 aliphatic carbocycles. The summed E-state index contributed by atoms with van der Waals surface area (Å²) in [5.41, 5.74) is 0.289. The number of benzene rings is 1. The molecular weight excluding hydrogens is 302 g/mol. The zero-order chi connectivity index (χ0) is 16.8. The van der Waals surface area contributed by atoms with Crippen LogP contribution in [0.2, 0.25) is 0 Å². The maximum absolute atomic E-state index is 12.3. The Balaban J connectivity index is 1.98. The first-order chi connectivity index (χ1) is 11.0. The van der Waals surface area contributed by atoms with Crippen LogP contribution in [0.4, 0.5) is 16.2 Å². The summed E-state index contributed by atoms with van der Waals surface area (Å²) in [6.07, 6.45) is 0.961. The maximum atomic E-state index is 12.3. The number of hydrogen-bond donors (Lipinski definition) is 1. The second-order valence-corrected chi connectivity index (χ2v) is 5.28. The molecule has 1 aliphatic heterocycles. The summed E-state index contributed by atoms with van der Waals surface area (Å²) in [7, 11) is 0. The molecule has 124 valence electrons. The zero-order valence-corrected chi connectivity index (χ0v) is 12.9. The molecule has 1 unspecified atom stereocenters. The Bertz CT molecular complexity index is 605. The van der Waals surface area contributed by atoms with Gasteiger partial charge in [-0.05, 0) is 25.8 Å². The Hall–Kier alpha value is -2.64. The molecule has 23 heavy (non-hydrogen) atoms. The zero-order valence-electron chi connectivity index (χ0n) is 12.9. The number of likely N-dealkylation sites (tertiary alicyclic amines) is 1. The van der Waals surface area contributed by atoms with Crippen molar-refractivity contribution >= 4 is 23.4 Å². The first kappa shape index (κ1) is 16.7. The summed E-state index contributed by atoms with van der Waals surface area (Å²) in [6.45, 7) is 2.88. The van der Waals surface area contributed by atoms with E-state index in [4.69, 9.17) is 4.74 Å². The van der Waals surface area contributed by atoms with Crippen molar-refractivity contribution in [1.29, 1.82) is 0 Å². The van der Waals surface area contributed by atoms with Crippen molar-refractivity contribution in [3.8, 4) is 0 Å². The third-order valence-corrected chi connectivity index (χ3v) is 3.64. The lowest BCUT2D eigenvalue weighted by Crippen LogP contribution is -2.44. The van der Waals surface area contributed by atoms with E-state index in [1.54, 1.807) is 13.0 Å². The molecule has 1 aliphatic rings. The first-order valence-corrected chi connectivity index (χ1v) is 7.48. The smallest absolute Gasteiger partial charge is 0.409 e. The van der Waals surface area contributed by atoms with Gasteiger partial charge in [0.2, 0.25) is 5.91 Å². The quantitative estimate of drug-likeness (QED) is 0.677. The monoisotopic (exact) mass is 321 g/mol. The van der Waals surface area contributed by atoms with Gasteiger partial charge in [0.25, 0.3) is 5.69 Å². The average molecular weight is 321 g/mol. The number of amides is 2. The molecule has 2 amide bonds. The minimum Gasteiger partial charge on any atom is -0.450 e. The van der Waals surface area contributed by atoms with Crippen LogP contribution in [0, 0.1) is 16.0 Å². The van der Waals surface area contributed by atoms with Crippen LogP contribution in [0.15, 0.2) is 24.3 Å².